The minimum atomic E-state index is -3.72. The van der Waals surface area contributed by atoms with Crippen molar-refractivity contribution in [1.29, 1.82) is 0 Å². The van der Waals surface area contributed by atoms with Crippen molar-refractivity contribution < 1.29 is 18.0 Å². The van der Waals surface area contributed by atoms with E-state index in [1.807, 2.05) is 44.2 Å². The number of rotatable bonds is 10. The molecule has 1 atom stereocenters. The monoisotopic (exact) mass is 571 g/mol. The summed E-state index contributed by atoms with van der Waals surface area (Å²) in [4.78, 5) is 27.5. The number of benzene rings is 2. The number of hydrogen-bond acceptors (Lipinski definition) is 4. The molecule has 0 radical (unpaired) electrons. The first-order valence-electron chi connectivity index (χ1n) is 10.3. The Hall–Kier alpha value is -2.14. The van der Waals surface area contributed by atoms with E-state index in [2.05, 4.69) is 27.9 Å². The molecule has 0 bridgehead atoms. The van der Waals surface area contributed by atoms with Crippen molar-refractivity contribution in [3.63, 3.8) is 0 Å². The van der Waals surface area contributed by atoms with Gasteiger partial charge in [0.15, 0.2) is 0 Å². The van der Waals surface area contributed by atoms with Crippen molar-refractivity contribution in [3.8, 4) is 0 Å². The van der Waals surface area contributed by atoms with E-state index in [-0.39, 0.29) is 18.4 Å². The normalized spacial score (nSPS) is 12.3. The van der Waals surface area contributed by atoms with E-state index in [1.54, 1.807) is 31.2 Å². The molecule has 0 saturated carbocycles. The van der Waals surface area contributed by atoms with Crippen molar-refractivity contribution >= 4 is 50.1 Å². The molecule has 0 aliphatic rings. The molecule has 2 aromatic carbocycles. The third kappa shape index (κ3) is 7.77. The van der Waals surface area contributed by atoms with Crippen molar-refractivity contribution in [2.45, 2.75) is 33.4 Å². The van der Waals surface area contributed by atoms with Crippen molar-refractivity contribution in [1.82, 2.24) is 10.2 Å². The van der Waals surface area contributed by atoms with Crippen LogP contribution in [0.25, 0.3) is 0 Å². The molecule has 0 spiro atoms. The third-order valence-corrected chi connectivity index (χ3v) is 6.70. The largest absolute Gasteiger partial charge is 0.354 e. The number of amides is 2. The highest BCUT2D eigenvalue weighted by molar-refractivity contribution is 14.1. The zero-order chi connectivity index (χ0) is 23.9. The van der Waals surface area contributed by atoms with Gasteiger partial charge in [-0.25, -0.2) is 8.42 Å². The average molecular weight is 571 g/mol. The Balaban J connectivity index is 2.32. The maximum atomic E-state index is 13.4. The number of nitrogens with one attached hydrogen (secondary N) is 1. The minimum absolute atomic E-state index is 0.195. The molecule has 2 aromatic rings. The Kier molecular flexibility index (Phi) is 9.50. The summed E-state index contributed by atoms with van der Waals surface area (Å²) >= 11 is 2.13. The summed E-state index contributed by atoms with van der Waals surface area (Å²) in [6, 6.07) is 15.4. The quantitative estimate of drug-likeness (QED) is 0.444. The van der Waals surface area contributed by atoms with Crippen LogP contribution in [0, 0.1) is 9.49 Å². The second-order valence-corrected chi connectivity index (χ2v) is 11.2. The van der Waals surface area contributed by atoms with Crippen LogP contribution in [-0.2, 0) is 26.2 Å². The number of sulfonamides is 1. The van der Waals surface area contributed by atoms with Crippen LogP contribution in [-0.4, -0.2) is 50.5 Å². The zero-order valence-corrected chi connectivity index (χ0v) is 21.8. The molecule has 2 amide bonds. The number of nitrogens with zero attached hydrogens (tertiary/aromatic N) is 2. The molecular weight excluding hydrogens is 541 g/mol. The maximum absolute atomic E-state index is 13.4. The standard InChI is InChI=1S/C23H30IN3O4S/c1-17(2)14-25-23(29)18(3)26(15-19-8-6-5-7-9-19)22(28)16-27(32(4,30)31)21-12-10-20(24)11-13-21/h5-13,17-18H,14-16H2,1-4H3,(H,25,29)/t18-/m0/s1. The van der Waals surface area contributed by atoms with Gasteiger partial charge in [-0.1, -0.05) is 44.2 Å². The second-order valence-electron chi connectivity index (χ2n) is 8.07. The van der Waals surface area contributed by atoms with Crippen LogP contribution in [0.1, 0.15) is 26.3 Å². The number of carbonyl (C=O) groups excluding carboxylic acids is 2. The molecule has 0 aliphatic carbocycles. The van der Waals surface area contributed by atoms with Crippen molar-refractivity contribution in [2.24, 2.45) is 5.92 Å². The molecule has 0 heterocycles. The lowest BCUT2D eigenvalue weighted by molar-refractivity contribution is -0.139. The highest BCUT2D eigenvalue weighted by atomic mass is 127. The lowest BCUT2D eigenvalue weighted by Crippen LogP contribution is -2.51. The molecule has 0 aromatic heterocycles. The second kappa shape index (κ2) is 11.6. The smallest absolute Gasteiger partial charge is 0.244 e. The Morgan fingerprint density at radius 3 is 2.12 bits per heavy atom. The topological polar surface area (TPSA) is 86.8 Å². The van der Waals surface area contributed by atoms with E-state index >= 15 is 0 Å². The van der Waals surface area contributed by atoms with Gasteiger partial charge < -0.3 is 10.2 Å². The van der Waals surface area contributed by atoms with Crippen molar-refractivity contribution in [2.75, 3.05) is 23.7 Å². The lowest BCUT2D eigenvalue weighted by atomic mass is 10.1. The van der Waals surface area contributed by atoms with Crippen LogP contribution in [0.4, 0.5) is 5.69 Å². The van der Waals surface area contributed by atoms with E-state index in [9.17, 15) is 18.0 Å². The third-order valence-electron chi connectivity index (χ3n) is 4.84. The van der Waals surface area contributed by atoms with Crippen LogP contribution in [0.5, 0.6) is 0 Å². The van der Waals surface area contributed by atoms with Gasteiger partial charge in [0.25, 0.3) is 0 Å². The summed E-state index contributed by atoms with van der Waals surface area (Å²) in [6.07, 6.45) is 1.07. The molecule has 0 unspecified atom stereocenters. The van der Waals surface area contributed by atoms with Gasteiger partial charge >= 0.3 is 0 Å². The van der Waals surface area contributed by atoms with Gasteiger partial charge in [0.1, 0.15) is 12.6 Å². The summed E-state index contributed by atoms with van der Waals surface area (Å²) in [6.45, 7) is 5.93. The fourth-order valence-corrected chi connectivity index (χ4v) is 4.25. The maximum Gasteiger partial charge on any atom is 0.244 e. The molecule has 0 fully saturated rings. The molecule has 174 valence electrons. The van der Waals surface area contributed by atoms with Gasteiger partial charge in [0.05, 0.1) is 11.9 Å². The number of halogens is 1. The lowest BCUT2D eigenvalue weighted by Gasteiger charge is -2.31. The minimum Gasteiger partial charge on any atom is -0.354 e. The molecule has 2 rings (SSSR count). The van der Waals surface area contributed by atoms with Gasteiger partial charge in [-0.2, -0.15) is 0 Å². The van der Waals surface area contributed by atoms with E-state index in [4.69, 9.17) is 0 Å². The molecule has 0 saturated heterocycles. The molecule has 7 nitrogen and oxygen atoms in total. The Morgan fingerprint density at radius 1 is 1.00 bits per heavy atom. The van der Waals surface area contributed by atoms with Crippen LogP contribution < -0.4 is 9.62 Å². The van der Waals surface area contributed by atoms with E-state index in [0.29, 0.717) is 12.2 Å². The summed E-state index contributed by atoms with van der Waals surface area (Å²) in [5.74, 6) is -0.459. The molecule has 32 heavy (non-hydrogen) atoms. The van der Waals surface area contributed by atoms with Crippen molar-refractivity contribution in [3.05, 3.63) is 63.7 Å². The SMILES string of the molecule is CC(C)CNC(=O)[C@H](C)N(Cc1ccccc1)C(=O)CN(c1ccc(I)cc1)S(C)(=O)=O. The van der Waals surface area contributed by atoms with E-state index < -0.39 is 28.5 Å². The Labute approximate surface area is 204 Å². The predicted molar refractivity (Wildman–Crippen MR) is 136 cm³/mol. The van der Waals surface area contributed by atoms with E-state index in [0.717, 1.165) is 19.7 Å². The van der Waals surface area contributed by atoms with Crippen LogP contribution in [0.3, 0.4) is 0 Å². The van der Waals surface area contributed by atoms with E-state index in [1.165, 1.54) is 4.90 Å². The first kappa shape index (κ1) is 26.1. The molecular formula is C23H30IN3O4S. The van der Waals surface area contributed by atoms with Gasteiger partial charge in [-0.15, -0.1) is 0 Å². The van der Waals surface area contributed by atoms with Gasteiger partial charge in [0.2, 0.25) is 21.8 Å². The Bertz CT molecular complexity index is 1010. The average Bonchev–Trinajstić information content (AvgIpc) is 2.74. The van der Waals surface area contributed by atoms with Gasteiger partial charge in [0, 0.05) is 16.7 Å². The van der Waals surface area contributed by atoms with Crippen LogP contribution in [0.2, 0.25) is 0 Å². The summed E-state index contributed by atoms with van der Waals surface area (Å²) in [5.41, 5.74) is 1.25. The first-order chi connectivity index (χ1) is 15.0. The van der Waals surface area contributed by atoms with Crippen LogP contribution >= 0.6 is 22.6 Å². The molecule has 0 aliphatic heterocycles. The fraction of sp³-hybridized carbons (Fsp3) is 0.391. The zero-order valence-electron chi connectivity index (χ0n) is 18.8. The van der Waals surface area contributed by atoms with Crippen LogP contribution in [0.15, 0.2) is 54.6 Å². The highest BCUT2D eigenvalue weighted by Crippen LogP contribution is 2.20. The molecule has 1 N–H and O–H groups in total. The fourth-order valence-electron chi connectivity index (χ4n) is 3.04. The van der Waals surface area contributed by atoms with Gasteiger partial charge in [-0.05, 0) is 65.3 Å². The summed E-state index contributed by atoms with van der Waals surface area (Å²) in [7, 11) is -3.72. The summed E-state index contributed by atoms with van der Waals surface area (Å²) in [5, 5.41) is 2.86. The molecule has 9 heteroatoms. The number of hydrogen-bond donors (Lipinski definition) is 1. The van der Waals surface area contributed by atoms with Gasteiger partial charge in [-0.3, -0.25) is 13.9 Å². The number of carbonyl (C=O) groups is 2. The first-order valence-corrected chi connectivity index (χ1v) is 13.3. The predicted octanol–water partition coefficient (Wildman–Crippen LogP) is 3.25. The highest BCUT2D eigenvalue weighted by Gasteiger charge is 2.30. The number of anilines is 1. The Morgan fingerprint density at radius 2 is 1.59 bits per heavy atom. The summed E-state index contributed by atoms with van der Waals surface area (Å²) < 4.78 is 27.0.